The average molecular weight is 403 g/mol. The first-order valence-electron chi connectivity index (χ1n) is 6.58. The van der Waals surface area contributed by atoms with Crippen molar-refractivity contribution in [3.8, 4) is 0 Å². The summed E-state index contributed by atoms with van der Waals surface area (Å²) in [6.07, 6.45) is 2.15. The van der Waals surface area contributed by atoms with Gasteiger partial charge in [0.2, 0.25) is 0 Å². The van der Waals surface area contributed by atoms with Crippen LogP contribution in [0, 0.1) is 5.92 Å². The number of carboxylic acids is 1. The van der Waals surface area contributed by atoms with E-state index in [1.165, 1.54) is 0 Å². The molecule has 1 aliphatic heterocycles. The molecule has 1 saturated heterocycles. The van der Waals surface area contributed by atoms with Crippen molar-refractivity contribution in [2.75, 3.05) is 0 Å². The van der Waals surface area contributed by atoms with Crippen molar-refractivity contribution in [1.82, 2.24) is 4.90 Å². The number of carbonyl (C=O) groups excluding carboxylic acids is 2. The van der Waals surface area contributed by atoms with Gasteiger partial charge in [-0.25, -0.2) is 0 Å². The summed E-state index contributed by atoms with van der Waals surface area (Å²) in [5.74, 6) is -1.50. The van der Waals surface area contributed by atoms with Crippen LogP contribution in [0.4, 0.5) is 0 Å². The van der Waals surface area contributed by atoms with E-state index in [1.54, 1.807) is 25.1 Å². The van der Waals surface area contributed by atoms with Crippen molar-refractivity contribution in [1.29, 1.82) is 0 Å². The maximum absolute atomic E-state index is 12.5. The van der Waals surface area contributed by atoms with E-state index in [0.29, 0.717) is 21.8 Å². The van der Waals surface area contributed by atoms with Gasteiger partial charge in [0.25, 0.3) is 5.91 Å². The molecule has 1 fully saturated rings. The van der Waals surface area contributed by atoms with Gasteiger partial charge in [-0.15, -0.1) is 0 Å². The lowest BCUT2D eigenvalue weighted by molar-refractivity contribution is -0.311. The fourth-order valence-electron chi connectivity index (χ4n) is 2.07. The largest absolute Gasteiger partial charge is 0.548 e. The molecule has 1 aliphatic rings. The molecule has 1 amide bonds. The smallest absolute Gasteiger partial charge is 0.266 e. The Bertz CT molecular complexity index is 655. The third kappa shape index (κ3) is 3.44. The molecule has 0 bridgehead atoms. The van der Waals surface area contributed by atoms with Crippen LogP contribution < -0.4 is 5.11 Å². The van der Waals surface area contributed by atoms with Gasteiger partial charge >= 0.3 is 0 Å². The lowest BCUT2D eigenvalue weighted by Crippen LogP contribution is -2.53. The standard InChI is InChI=1S/C14H14BrNO4S2/c1-3-7(2)11(13(18)19)16-12(17)9(22-14(16)21)6-8-4-5-10(15)20-8/h4-7,11H,3H2,1-2H3,(H,18,19)/p-1/b9-6+/t7-,11+/m0/s1. The molecule has 0 saturated carbocycles. The minimum atomic E-state index is -1.30. The molecule has 0 aromatic carbocycles. The Labute approximate surface area is 145 Å². The van der Waals surface area contributed by atoms with Gasteiger partial charge in [-0.1, -0.05) is 44.2 Å². The number of halogens is 1. The molecule has 22 heavy (non-hydrogen) atoms. The first kappa shape index (κ1) is 17.2. The molecule has 8 heteroatoms. The molecule has 0 radical (unpaired) electrons. The predicted molar refractivity (Wildman–Crippen MR) is 89.7 cm³/mol. The normalized spacial score (nSPS) is 19.8. The number of carbonyl (C=O) groups is 2. The molecule has 0 spiro atoms. The lowest BCUT2D eigenvalue weighted by atomic mass is 9.98. The van der Waals surface area contributed by atoms with E-state index in [2.05, 4.69) is 15.9 Å². The van der Waals surface area contributed by atoms with Crippen LogP contribution in [0.15, 0.2) is 26.1 Å². The Morgan fingerprint density at radius 2 is 2.27 bits per heavy atom. The zero-order valence-electron chi connectivity index (χ0n) is 11.9. The minimum absolute atomic E-state index is 0.219. The molecule has 1 aromatic rings. The SMILES string of the molecule is CC[C@H](C)[C@H](C(=O)[O-])N1C(=O)/C(=C\c2ccc(Br)o2)SC1=S. The number of amides is 1. The van der Waals surface area contributed by atoms with Crippen LogP contribution in [-0.4, -0.2) is 27.1 Å². The highest BCUT2D eigenvalue weighted by Gasteiger charge is 2.39. The average Bonchev–Trinajstić information content (AvgIpc) is 2.97. The summed E-state index contributed by atoms with van der Waals surface area (Å²) in [4.78, 5) is 25.4. The quantitative estimate of drug-likeness (QED) is 0.555. The maximum atomic E-state index is 12.5. The van der Waals surface area contributed by atoms with E-state index < -0.39 is 17.9 Å². The molecule has 0 N–H and O–H groups in total. The number of nitrogens with zero attached hydrogens (tertiary/aromatic N) is 1. The second-order valence-corrected chi connectivity index (χ2v) is 7.30. The molecule has 0 aliphatic carbocycles. The Morgan fingerprint density at radius 1 is 1.59 bits per heavy atom. The molecule has 2 rings (SSSR count). The Balaban J connectivity index is 2.32. The number of furan rings is 1. The van der Waals surface area contributed by atoms with Crippen LogP contribution in [0.1, 0.15) is 26.0 Å². The van der Waals surface area contributed by atoms with Crippen LogP contribution in [0.3, 0.4) is 0 Å². The monoisotopic (exact) mass is 402 g/mol. The summed E-state index contributed by atoms with van der Waals surface area (Å²) in [7, 11) is 0. The summed E-state index contributed by atoms with van der Waals surface area (Å²) in [6, 6.07) is 2.34. The zero-order valence-corrected chi connectivity index (χ0v) is 15.1. The molecular formula is C14H13BrNO4S2-. The number of hydrogen-bond donors (Lipinski definition) is 0. The van der Waals surface area contributed by atoms with Crippen LogP contribution in [0.5, 0.6) is 0 Å². The summed E-state index contributed by atoms with van der Waals surface area (Å²) >= 11 is 9.42. The molecule has 5 nitrogen and oxygen atoms in total. The second-order valence-electron chi connectivity index (χ2n) is 4.84. The van der Waals surface area contributed by atoms with Crippen molar-refractivity contribution in [3.63, 3.8) is 0 Å². The molecule has 118 valence electrons. The first-order valence-corrected chi connectivity index (χ1v) is 8.60. The van der Waals surface area contributed by atoms with Crippen LogP contribution in [0.25, 0.3) is 6.08 Å². The topological polar surface area (TPSA) is 73.6 Å². The Hall–Kier alpha value is -1.12. The number of thiocarbonyl (C=S) groups is 1. The van der Waals surface area contributed by atoms with Gasteiger partial charge in [0.15, 0.2) is 4.67 Å². The molecule has 2 heterocycles. The van der Waals surface area contributed by atoms with E-state index >= 15 is 0 Å². The summed E-state index contributed by atoms with van der Waals surface area (Å²) in [5, 5.41) is 11.4. The molecule has 1 aromatic heterocycles. The first-order chi connectivity index (χ1) is 10.3. The highest BCUT2D eigenvalue weighted by atomic mass is 79.9. The number of aliphatic carboxylic acids is 1. The summed E-state index contributed by atoms with van der Waals surface area (Å²) in [6.45, 7) is 3.61. The Morgan fingerprint density at radius 3 is 2.77 bits per heavy atom. The van der Waals surface area contributed by atoms with Crippen LogP contribution in [0.2, 0.25) is 0 Å². The molecular weight excluding hydrogens is 390 g/mol. The van der Waals surface area contributed by atoms with E-state index in [-0.39, 0.29) is 10.2 Å². The van der Waals surface area contributed by atoms with Crippen molar-refractivity contribution >= 4 is 62.2 Å². The fourth-order valence-corrected chi connectivity index (χ4v) is 3.70. The Kier molecular flexibility index (Phi) is 5.46. The number of thioether (sulfide) groups is 1. The maximum Gasteiger partial charge on any atom is 0.266 e. The van der Waals surface area contributed by atoms with Crippen molar-refractivity contribution in [3.05, 3.63) is 27.5 Å². The molecule has 2 atom stereocenters. The number of carboxylic acid groups (broad SMARTS) is 1. The third-order valence-electron chi connectivity index (χ3n) is 3.39. The van der Waals surface area contributed by atoms with E-state index in [1.807, 2.05) is 6.92 Å². The zero-order chi connectivity index (χ0) is 16.4. The van der Waals surface area contributed by atoms with Crippen LogP contribution in [-0.2, 0) is 9.59 Å². The van der Waals surface area contributed by atoms with E-state index in [4.69, 9.17) is 16.6 Å². The van der Waals surface area contributed by atoms with Crippen molar-refractivity contribution in [2.45, 2.75) is 26.3 Å². The van der Waals surface area contributed by atoms with Gasteiger partial charge in [0, 0.05) is 6.08 Å². The molecule has 0 unspecified atom stereocenters. The minimum Gasteiger partial charge on any atom is -0.548 e. The lowest BCUT2D eigenvalue weighted by Gasteiger charge is -2.32. The van der Waals surface area contributed by atoms with Gasteiger partial charge in [-0.2, -0.15) is 0 Å². The summed E-state index contributed by atoms with van der Waals surface area (Å²) < 4.78 is 6.09. The van der Waals surface area contributed by atoms with E-state index in [9.17, 15) is 14.7 Å². The predicted octanol–water partition coefficient (Wildman–Crippen LogP) is 2.41. The van der Waals surface area contributed by atoms with E-state index in [0.717, 1.165) is 16.7 Å². The van der Waals surface area contributed by atoms with Crippen molar-refractivity contribution in [2.24, 2.45) is 5.92 Å². The number of rotatable bonds is 5. The third-order valence-corrected chi connectivity index (χ3v) is 5.15. The highest BCUT2D eigenvalue weighted by molar-refractivity contribution is 9.10. The van der Waals surface area contributed by atoms with Gasteiger partial charge in [-0.05, 0) is 34.0 Å². The number of hydrogen-bond acceptors (Lipinski definition) is 6. The summed E-state index contributed by atoms with van der Waals surface area (Å²) in [5.41, 5.74) is 0. The van der Waals surface area contributed by atoms with Gasteiger partial charge in [-0.3, -0.25) is 9.69 Å². The highest BCUT2D eigenvalue weighted by Crippen LogP contribution is 2.36. The van der Waals surface area contributed by atoms with Crippen LogP contribution >= 0.6 is 39.9 Å². The van der Waals surface area contributed by atoms with Gasteiger partial charge < -0.3 is 14.3 Å². The van der Waals surface area contributed by atoms with Gasteiger partial charge in [0.1, 0.15) is 10.1 Å². The van der Waals surface area contributed by atoms with Crippen molar-refractivity contribution < 1.29 is 19.1 Å². The fraction of sp³-hybridized carbons (Fsp3) is 0.357. The second kappa shape index (κ2) is 6.97. The van der Waals surface area contributed by atoms with Gasteiger partial charge in [0.05, 0.1) is 16.9 Å².